The largest absolute Gasteiger partial charge is 0.697 e. The Labute approximate surface area is 228 Å². The van der Waals surface area contributed by atoms with Crippen molar-refractivity contribution in [2.24, 2.45) is 0 Å². The molecule has 1 aliphatic carbocycles. The van der Waals surface area contributed by atoms with E-state index in [9.17, 15) is 27.4 Å². The van der Waals surface area contributed by atoms with Gasteiger partial charge < -0.3 is 0 Å². The number of fused-ring (bicyclic) bond motifs is 3. The maximum Gasteiger partial charge on any atom is 0.697 e. The van der Waals surface area contributed by atoms with Gasteiger partial charge in [0.2, 0.25) is 0 Å². The quantitative estimate of drug-likeness (QED) is 0.275. The van der Waals surface area contributed by atoms with Gasteiger partial charge in [-0.2, -0.15) is 8.62 Å². The van der Waals surface area contributed by atoms with Gasteiger partial charge in [-0.1, -0.05) is 0 Å². The summed E-state index contributed by atoms with van der Waals surface area (Å²) in [5.74, 6) is 0. The summed E-state index contributed by atoms with van der Waals surface area (Å²) in [7, 11) is -21.0. The maximum absolute atomic E-state index is 13.3. The minimum atomic E-state index is -4.91. The minimum absolute atomic E-state index is 0.848. The second-order valence-corrected chi connectivity index (χ2v) is 17.4. The number of hydrogen-bond donors (Lipinski definition) is 0. The molecule has 2 aliphatic heterocycles. The summed E-state index contributed by atoms with van der Waals surface area (Å²) in [6.07, 6.45) is -11.9. The maximum atomic E-state index is 13.3. The predicted molar refractivity (Wildman–Crippen MR) is 126 cm³/mol. The van der Waals surface area contributed by atoms with Crippen molar-refractivity contribution in [3.8, 4) is 0 Å². The first-order valence-electron chi connectivity index (χ1n) is 10.5. The van der Waals surface area contributed by atoms with E-state index >= 15 is 0 Å². The molecule has 0 aromatic carbocycles. The van der Waals surface area contributed by atoms with Gasteiger partial charge in [0.05, 0.1) is 7.11 Å². The molecule has 0 aromatic heterocycles. The zero-order valence-corrected chi connectivity index (χ0v) is 27.1. The lowest BCUT2D eigenvalue weighted by Gasteiger charge is -2.45. The zero-order valence-electron chi connectivity index (χ0n) is 21.7. The molecular formula is C13H27O21P6+. The molecule has 1 saturated carbocycles. The van der Waals surface area contributed by atoms with Crippen molar-refractivity contribution in [3.63, 3.8) is 0 Å². The minimum Gasteiger partial charge on any atom is -0.290 e. The Bertz CT molecular complexity index is 1170. The molecule has 3 rings (SSSR count). The molecule has 2 saturated heterocycles. The van der Waals surface area contributed by atoms with Crippen LogP contribution in [0.3, 0.4) is 0 Å². The SMILES string of the molecule is CO[P+](=O)OC1C(OP(=O)(OC)OC)C2OP(=O)(OC)OP(=O)(OC)OC2C2OP(=O)(OC)OP(=O)(OC)OC12. The Morgan fingerprint density at radius 1 is 0.600 bits per heavy atom. The Kier molecular flexibility index (Phi) is 11.7. The first-order valence-corrected chi connectivity index (χ1v) is 18.9. The van der Waals surface area contributed by atoms with Crippen molar-refractivity contribution in [1.29, 1.82) is 0 Å². The molecule has 21 nitrogen and oxygen atoms in total. The second kappa shape index (κ2) is 13.3. The molecule has 0 aromatic rings. The molecule has 234 valence electrons. The van der Waals surface area contributed by atoms with Crippen molar-refractivity contribution in [1.82, 2.24) is 0 Å². The van der Waals surface area contributed by atoms with Gasteiger partial charge >= 0.3 is 47.4 Å². The number of phosphoric acid groups is 5. The van der Waals surface area contributed by atoms with E-state index in [1.165, 1.54) is 0 Å². The van der Waals surface area contributed by atoms with E-state index in [1.54, 1.807) is 0 Å². The van der Waals surface area contributed by atoms with Gasteiger partial charge in [-0.25, -0.2) is 22.8 Å². The monoisotopic (exact) mass is 705 g/mol. The molecule has 3 fully saturated rings. The van der Waals surface area contributed by atoms with E-state index in [0.29, 0.717) is 0 Å². The molecule has 11 atom stereocenters. The molecule has 2 heterocycles. The average Bonchev–Trinajstić information content (AvgIpc) is 3.14. The van der Waals surface area contributed by atoms with E-state index in [0.717, 1.165) is 49.8 Å². The van der Waals surface area contributed by atoms with Crippen LogP contribution in [-0.2, 0) is 94.8 Å². The summed E-state index contributed by atoms with van der Waals surface area (Å²) in [6.45, 7) is 0. The number of phosphoric ester groups is 5. The molecule has 3 aliphatic rings. The Morgan fingerprint density at radius 3 is 1.27 bits per heavy atom. The normalized spacial score (nSPS) is 44.6. The van der Waals surface area contributed by atoms with Crippen molar-refractivity contribution in [2.45, 2.75) is 36.6 Å². The van der Waals surface area contributed by atoms with Crippen LogP contribution in [0.15, 0.2) is 0 Å². The molecule has 40 heavy (non-hydrogen) atoms. The molecule has 11 unspecified atom stereocenters. The van der Waals surface area contributed by atoms with Crippen LogP contribution < -0.4 is 0 Å². The van der Waals surface area contributed by atoms with Gasteiger partial charge in [0.15, 0.2) is 6.10 Å². The highest BCUT2D eigenvalue weighted by molar-refractivity contribution is 7.63. The fourth-order valence-corrected chi connectivity index (χ4v) is 11.0. The third kappa shape index (κ3) is 7.47. The number of hydrogen-bond acceptors (Lipinski definition) is 21. The molecular weight excluding hydrogens is 678 g/mol. The Morgan fingerprint density at radius 2 is 0.950 bits per heavy atom. The lowest BCUT2D eigenvalue weighted by molar-refractivity contribution is -0.189. The van der Waals surface area contributed by atoms with Gasteiger partial charge in [0.25, 0.3) is 0 Å². The Balaban J connectivity index is 2.32. The fraction of sp³-hybridized carbons (Fsp3) is 1.00. The van der Waals surface area contributed by atoms with Crippen LogP contribution in [0.5, 0.6) is 0 Å². The highest BCUT2D eigenvalue weighted by atomic mass is 31.3. The fourth-order valence-electron chi connectivity index (χ4n) is 3.52. The summed E-state index contributed by atoms with van der Waals surface area (Å²) in [6, 6.07) is 0. The first kappa shape index (κ1) is 35.1. The standard InChI is InChI=1S/C13H27O21P6/c1-20-35(14)27-8-9(28-36(15,21-2)22-3)11-13(32-40(19,26-7)34-38(17,24-5)30-11)12-10(8)29-37(16,23-4)33-39(18,25-6)31-12/h8-13H,1-7H3/q+1. The van der Waals surface area contributed by atoms with E-state index in [4.69, 9.17) is 62.9 Å². The first-order chi connectivity index (χ1) is 18.6. The van der Waals surface area contributed by atoms with Gasteiger partial charge in [-0.3, -0.25) is 49.8 Å². The summed E-state index contributed by atoms with van der Waals surface area (Å²) in [5, 5.41) is 0. The van der Waals surface area contributed by atoms with E-state index in [1.807, 2.05) is 0 Å². The molecule has 0 radical (unpaired) electrons. The van der Waals surface area contributed by atoms with Crippen molar-refractivity contribution in [3.05, 3.63) is 0 Å². The van der Waals surface area contributed by atoms with Crippen LogP contribution in [0.1, 0.15) is 0 Å². The summed E-state index contributed by atoms with van der Waals surface area (Å²) in [5.41, 5.74) is 0. The molecule has 0 N–H and O–H groups in total. The van der Waals surface area contributed by atoms with Gasteiger partial charge in [-0.05, 0) is 0 Å². The Hall–Kier alpha value is 0.650. The summed E-state index contributed by atoms with van der Waals surface area (Å²) < 4.78 is 154. The predicted octanol–water partition coefficient (Wildman–Crippen LogP) is 4.09. The van der Waals surface area contributed by atoms with Gasteiger partial charge in [-0.15, -0.1) is 9.05 Å². The van der Waals surface area contributed by atoms with Crippen LogP contribution in [0.25, 0.3) is 0 Å². The topological polar surface area (TPSA) is 241 Å². The zero-order chi connectivity index (χ0) is 30.1. The molecule has 0 spiro atoms. The molecule has 27 heteroatoms. The van der Waals surface area contributed by atoms with Crippen LogP contribution in [-0.4, -0.2) is 86.4 Å². The van der Waals surface area contributed by atoms with Gasteiger partial charge in [0.1, 0.15) is 30.5 Å². The van der Waals surface area contributed by atoms with Gasteiger partial charge in [0, 0.05) is 47.2 Å². The van der Waals surface area contributed by atoms with Crippen LogP contribution >= 0.6 is 47.4 Å². The lowest BCUT2D eigenvalue weighted by Crippen LogP contribution is -2.65. The average molecular weight is 705 g/mol. The van der Waals surface area contributed by atoms with E-state index in [-0.39, 0.29) is 0 Å². The van der Waals surface area contributed by atoms with Crippen molar-refractivity contribution >= 4 is 47.4 Å². The van der Waals surface area contributed by atoms with Crippen molar-refractivity contribution < 1.29 is 94.8 Å². The summed E-state index contributed by atoms with van der Waals surface area (Å²) in [4.78, 5) is 0. The van der Waals surface area contributed by atoms with Crippen LogP contribution in [0.4, 0.5) is 0 Å². The smallest absolute Gasteiger partial charge is 0.290 e. The number of rotatable bonds is 11. The molecule has 0 bridgehead atoms. The van der Waals surface area contributed by atoms with Crippen LogP contribution in [0, 0.1) is 0 Å². The summed E-state index contributed by atoms with van der Waals surface area (Å²) >= 11 is 0. The lowest BCUT2D eigenvalue weighted by atomic mass is 9.85. The third-order valence-corrected chi connectivity index (χ3v) is 14.4. The molecule has 0 amide bonds. The van der Waals surface area contributed by atoms with Crippen LogP contribution in [0.2, 0.25) is 0 Å². The van der Waals surface area contributed by atoms with E-state index in [2.05, 4.69) is 4.52 Å². The highest BCUT2D eigenvalue weighted by Crippen LogP contribution is 2.74. The third-order valence-electron chi connectivity index (χ3n) is 5.30. The second-order valence-electron chi connectivity index (χ2n) is 7.32. The van der Waals surface area contributed by atoms with Crippen molar-refractivity contribution in [2.75, 3.05) is 49.8 Å². The van der Waals surface area contributed by atoms with E-state index < -0.39 is 84.0 Å². The highest BCUT2D eigenvalue weighted by Gasteiger charge is 2.68.